The Balaban J connectivity index is 1.40. The van der Waals surface area contributed by atoms with E-state index in [1.165, 1.54) is 0 Å². The average Bonchev–Trinajstić information content (AvgIpc) is 3.12. The van der Waals surface area contributed by atoms with Crippen LogP contribution in [0.25, 0.3) is 10.2 Å². The lowest BCUT2D eigenvalue weighted by Crippen LogP contribution is -2.43. The molecule has 7 heteroatoms. The molecule has 0 spiro atoms. The highest BCUT2D eigenvalue weighted by Gasteiger charge is 2.30. The standard InChI is InChI=1S/C21H22N4O2S/c1-14-23-17-7-6-16(13-19(17)28-14)24(2)20(26)15-8-11-25(12-9-15)21(27)18-5-3-4-10-22-18/h3-7,10,13,15H,8-9,11-12H2,1-2H3. The number of anilines is 1. The van der Waals surface area contributed by atoms with Gasteiger partial charge in [-0.2, -0.15) is 0 Å². The predicted molar refractivity (Wildman–Crippen MR) is 111 cm³/mol. The van der Waals surface area contributed by atoms with Crippen LogP contribution in [0.4, 0.5) is 5.69 Å². The molecule has 6 nitrogen and oxygen atoms in total. The quantitative estimate of drug-likeness (QED) is 0.682. The Morgan fingerprint density at radius 2 is 1.96 bits per heavy atom. The number of aromatic nitrogens is 2. The summed E-state index contributed by atoms with van der Waals surface area (Å²) < 4.78 is 1.09. The van der Waals surface area contributed by atoms with Gasteiger partial charge in [-0.1, -0.05) is 6.07 Å². The van der Waals surface area contributed by atoms with Gasteiger partial charge >= 0.3 is 0 Å². The number of aryl methyl sites for hydroxylation is 1. The molecule has 0 unspecified atom stereocenters. The normalized spacial score (nSPS) is 15.0. The minimum absolute atomic E-state index is 0.0640. The van der Waals surface area contributed by atoms with Crippen molar-refractivity contribution in [1.82, 2.24) is 14.9 Å². The summed E-state index contributed by atoms with van der Waals surface area (Å²) >= 11 is 1.63. The Hall–Kier alpha value is -2.80. The molecule has 1 aromatic carbocycles. The second kappa shape index (κ2) is 7.67. The summed E-state index contributed by atoms with van der Waals surface area (Å²) in [6.45, 7) is 3.14. The smallest absolute Gasteiger partial charge is 0.272 e. The lowest BCUT2D eigenvalue weighted by atomic mass is 9.95. The second-order valence-electron chi connectivity index (χ2n) is 7.06. The maximum Gasteiger partial charge on any atom is 0.272 e. The highest BCUT2D eigenvalue weighted by atomic mass is 32.1. The monoisotopic (exact) mass is 394 g/mol. The van der Waals surface area contributed by atoms with Gasteiger partial charge in [-0.05, 0) is 50.1 Å². The van der Waals surface area contributed by atoms with E-state index in [0.717, 1.165) is 20.9 Å². The minimum atomic E-state index is -0.0725. The van der Waals surface area contributed by atoms with Crippen molar-refractivity contribution in [1.29, 1.82) is 0 Å². The fourth-order valence-corrected chi connectivity index (χ4v) is 4.48. The molecule has 28 heavy (non-hydrogen) atoms. The van der Waals surface area contributed by atoms with Gasteiger partial charge in [-0.15, -0.1) is 11.3 Å². The Morgan fingerprint density at radius 1 is 1.18 bits per heavy atom. The van der Waals surface area contributed by atoms with Crippen molar-refractivity contribution in [3.05, 3.63) is 53.3 Å². The van der Waals surface area contributed by atoms with Crippen molar-refractivity contribution in [3.63, 3.8) is 0 Å². The van der Waals surface area contributed by atoms with E-state index in [9.17, 15) is 9.59 Å². The van der Waals surface area contributed by atoms with Crippen LogP contribution < -0.4 is 4.90 Å². The molecule has 1 aliphatic rings. The molecule has 3 heterocycles. The number of hydrogen-bond acceptors (Lipinski definition) is 5. The molecule has 0 N–H and O–H groups in total. The van der Waals surface area contributed by atoms with E-state index in [0.29, 0.717) is 31.6 Å². The fourth-order valence-electron chi connectivity index (χ4n) is 3.62. The summed E-state index contributed by atoms with van der Waals surface area (Å²) in [5.41, 5.74) is 2.30. The highest BCUT2D eigenvalue weighted by Crippen LogP contribution is 2.28. The number of amides is 2. The molecule has 3 aromatic rings. The van der Waals surface area contributed by atoms with Crippen LogP contribution >= 0.6 is 11.3 Å². The van der Waals surface area contributed by atoms with Crippen LogP contribution in [0.2, 0.25) is 0 Å². The molecular weight excluding hydrogens is 372 g/mol. The number of nitrogens with zero attached hydrogens (tertiary/aromatic N) is 4. The zero-order valence-corrected chi connectivity index (χ0v) is 16.8. The Kier molecular flexibility index (Phi) is 5.09. The van der Waals surface area contributed by atoms with Crippen molar-refractivity contribution >= 4 is 39.1 Å². The van der Waals surface area contributed by atoms with Crippen molar-refractivity contribution in [2.24, 2.45) is 5.92 Å². The molecule has 1 fully saturated rings. The molecule has 0 bridgehead atoms. The van der Waals surface area contributed by atoms with Crippen molar-refractivity contribution in [2.75, 3.05) is 25.0 Å². The van der Waals surface area contributed by atoms with Gasteiger partial charge in [0.2, 0.25) is 5.91 Å². The molecule has 1 saturated heterocycles. The van der Waals surface area contributed by atoms with Crippen LogP contribution in [0.15, 0.2) is 42.6 Å². The van der Waals surface area contributed by atoms with Gasteiger partial charge in [0.15, 0.2) is 0 Å². The summed E-state index contributed by atoms with van der Waals surface area (Å²) in [6.07, 6.45) is 2.97. The van der Waals surface area contributed by atoms with Crippen LogP contribution in [0, 0.1) is 12.8 Å². The Labute approximate surface area is 167 Å². The number of pyridine rings is 1. The molecule has 1 aliphatic heterocycles. The molecule has 144 valence electrons. The number of hydrogen-bond donors (Lipinski definition) is 0. The molecule has 2 aromatic heterocycles. The number of thiazole rings is 1. The fraction of sp³-hybridized carbons (Fsp3) is 0.333. The number of carbonyl (C=O) groups is 2. The largest absolute Gasteiger partial charge is 0.337 e. The summed E-state index contributed by atoms with van der Waals surface area (Å²) in [5.74, 6) is -0.0342. The lowest BCUT2D eigenvalue weighted by molar-refractivity contribution is -0.123. The first kappa shape index (κ1) is 18.6. The first-order chi connectivity index (χ1) is 13.5. The number of carbonyl (C=O) groups excluding carboxylic acids is 2. The Bertz CT molecular complexity index is 1010. The maximum atomic E-state index is 13.0. The van der Waals surface area contributed by atoms with Gasteiger partial charge in [0, 0.05) is 37.9 Å². The second-order valence-corrected chi connectivity index (χ2v) is 8.30. The van der Waals surface area contributed by atoms with E-state index >= 15 is 0 Å². The van der Waals surface area contributed by atoms with Gasteiger partial charge in [-0.25, -0.2) is 4.98 Å². The van der Waals surface area contributed by atoms with Crippen LogP contribution in [-0.4, -0.2) is 46.8 Å². The summed E-state index contributed by atoms with van der Waals surface area (Å²) in [4.78, 5) is 37.6. The van der Waals surface area contributed by atoms with E-state index in [4.69, 9.17) is 0 Å². The van der Waals surface area contributed by atoms with E-state index in [1.807, 2.05) is 38.2 Å². The van der Waals surface area contributed by atoms with Crippen LogP contribution in [0.1, 0.15) is 28.3 Å². The van der Waals surface area contributed by atoms with E-state index in [2.05, 4.69) is 9.97 Å². The van der Waals surface area contributed by atoms with Crippen LogP contribution in [-0.2, 0) is 4.79 Å². The van der Waals surface area contributed by atoms with Gasteiger partial charge in [-0.3, -0.25) is 14.6 Å². The van der Waals surface area contributed by atoms with Crippen molar-refractivity contribution in [2.45, 2.75) is 19.8 Å². The highest BCUT2D eigenvalue weighted by molar-refractivity contribution is 7.18. The van der Waals surface area contributed by atoms with Crippen molar-refractivity contribution in [3.8, 4) is 0 Å². The summed E-state index contributed by atoms with van der Waals surface area (Å²) in [7, 11) is 1.82. The van der Waals surface area contributed by atoms with Crippen molar-refractivity contribution < 1.29 is 9.59 Å². The first-order valence-electron chi connectivity index (χ1n) is 9.38. The minimum Gasteiger partial charge on any atom is -0.337 e. The molecule has 4 rings (SSSR count). The van der Waals surface area contributed by atoms with Gasteiger partial charge < -0.3 is 9.80 Å². The maximum absolute atomic E-state index is 13.0. The van der Waals surface area contributed by atoms with E-state index in [-0.39, 0.29) is 17.7 Å². The molecule has 0 radical (unpaired) electrons. The van der Waals surface area contributed by atoms with Crippen LogP contribution in [0.3, 0.4) is 0 Å². The number of benzene rings is 1. The van der Waals surface area contributed by atoms with Gasteiger partial charge in [0.05, 0.1) is 15.2 Å². The predicted octanol–water partition coefficient (Wildman–Crippen LogP) is 3.51. The third kappa shape index (κ3) is 3.62. The van der Waals surface area contributed by atoms with E-state index < -0.39 is 0 Å². The number of fused-ring (bicyclic) bond motifs is 1. The van der Waals surface area contributed by atoms with Crippen LogP contribution in [0.5, 0.6) is 0 Å². The average molecular weight is 395 g/mol. The molecule has 0 aliphatic carbocycles. The molecule has 0 saturated carbocycles. The van der Waals surface area contributed by atoms with E-state index in [1.54, 1.807) is 39.5 Å². The molecule has 0 atom stereocenters. The zero-order valence-electron chi connectivity index (χ0n) is 16.0. The SMILES string of the molecule is Cc1nc2ccc(N(C)C(=O)C3CCN(C(=O)c4ccccn4)CC3)cc2s1. The topological polar surface area (TPSA) is 66.4 Å². The Morgan fingerprint density at radius 3 is 2.68 bits per heavy atom. The third-order valence-corrected chi connectivity index (χ3v) is 6.15. The number of rotatable bonds is 3. The zero-order chi connectivity index (χ0) is 19.7. The molecule has 2 amide bonds. The first-order valence-corrected chi connectivity index (χ1v) is 10.2. The summed E-state index contributed by atoms with van der Waals surface area (Å²) in [6, 6.07) is 11.3. The van der Waals surface area contributed by atoms with Gasteiger partial charge in [0.1, 0.15) is 5.69 Å². The number of piperidine rings is 1. The third-order valence-electron chi connectivity index (χ3n) is 5.21. The van der Waals surface area contributed by atoms with Gasteiger partial charge in [0.25, 0.3) is 5.91 Å². The lowest BCUT2D eigenvalue weighted by Gasteiger charge is -2.33. The molecular formula is C21H22N4O2S. The summed E-state index contributed by atoms with van der Waals surface area (Å²) in [5, 5.41) is 1.02. The number of likely N-dealkylation sites (tertiary alicyclic amines) is 1.